The summed E-state index contributed by atoms with van der Waals surface area (Å²) in [5.41, 5.74) is 0.501. The van der Waals surface area contributed by atoms with E-state index in [-0.39, 0.29) is 0 Å². The van der Waals surface area contributed by atoms with Crippen molar-refractivity contribution >= 4 is 22.9 Å². The molecule has 1 saturated carbocycles. The van der Waals surface area contributed by atoms with Crippen molar-refractivity contribution in [1.29, 1.82) is 0 Å². The van der Waals surface area contributed by atoms with E-state index in [0.717, 1.165) is 0 Å². The van der Waals surface area contributed by atoms with Crippen LogP contribution in [0.2, 0.25) is 0 Å². The van der Waals surface area contributed by atoms with Gasteiger partial charge in [-0.15, -0.1) is 0 Å². The standard InChI is InChI=1S/C5H10IN/c1-5(7-6)3-2-4-5/h7H,2-4H2,1H3. The molecule has 1 rings (SSSR count). The lowest BCUT2D eigenvalue weighted by Crippen LogP contribution is -2.42. The molecule has 2 heteroatoms. The predicted octanol–water partition coefficient (Wildman–Crippen LogP) is 1.87. The van der Waals surface area contributed by atoms with E-state index in [9.17, 15) is 0 Å². The third-order valence-corrected chi connectivity index (χ3v) is 2.99. The van der Waals surface area contributed by atoms with Crippen molar-refractivity contribution in [2.75, 3.05) is 0 Å². The fourth-order valence-corrected chi connectivity index (χ4v) is 1.34. The van der Waals surface area contributed by atoms with Gasteiger partial charge >= 0.3 is 0 Å². The van der Waals surface area contributed by atoms with E-state index in [1.807, 2.05) is 0 Å². The molecule has 1 aliphatic carbocycles. The van der Waals surface area contributed by atoms with E-state index < -0.39 is 0 Å². The lowest BCUT2D eigenvalue weighted by molar-refractivity contribution is 0.262. The molecule has 0 aromatic heterocycles. The van der Waals surface area contributed by atoms with Gasteiger partial charge in [-0.1, -0.05) is 0 Å². The molecule has 1 N–H and O–H groups in total. The summed E-state index contributed by atoms with van der Waals surface area (Å²) in [6.45, 7) is 2.27. The van der Waals surface area contributed by atoms with Crippen molar-refractivity contribution < 1.29 is 0 Å². The molecule has 0 radical (unpaired) electrons. The molecule has 0 amide bonds. The molecule has 0 aromatic rings. The van der Waals surface area contributed by atoms with Crippen molar-refractivity contribution in [3.8, 4) is 0 Å². The predicted molar refractivity (Wildman–Crippen MR) is 39.4 cm³/mol. The second kappa shape index (κ2) is 1.90. The highest BCUT2D eigenvalue weighted by Crippen LogP contribution is 2.31. The average molecular weight is 211 g/mol. The Hall–Kier alpha value is 0.690. The average Bonchev–Trinajstić information content (AvgIpc) is 1.61. The molecule has 7 heavy (non-hydrogen) atoms. The van der Waals surface area contributed by atoms with Crippen LogP contribution < -0.4 is 3.53 Å². The Kier molecular flexibility index (Phi) is 1.58. The Morgan fingerprint density at radius 1 is 1.57 bits per heavy atom. The lowest BCUT2D eigenvalue weighted by Gasteiger charge is -2.36. The SMILES string of the molecule is CC1(NI)CCC1. The molecule has 0 aromatic carbocycles. The first kappa shape index (κ1) is 5.82. The molecule has 0 heterocycles. The van der Waals surface area contributed by atoms with Crippen molar-refractivity contribution in [2.24, 2.45) is 0 Å². The van der Waals surface area contributed by atoms with Crippen LogP contribution in [0.4, 0.5) is 0 Å². The minimum Gasteiger partial charge on any atom is -0.255 e. The summed E-state index contributed by atoms with van der Waals surface area (Å²) in [6, 6.07) is 0. The number of hydrogen-bond donors (Lipinski definition) is 1. The Morgan fingerprint density at radius 2 is 2.14 bits per heavy atom. The van der Waals surface area contributed by atoms with Gasteiger partial charge in [0.25, 0.3) is 0 Å². The van der Waals surface area contributed by atoms with E-state index in [1.165, 1.54) is 19.3 Å². The van der Waals surface area contributed by atoms with Gasteiger partial charge in [-0.25, -0.2) is 0 Å². The molecule has 0 unspecified atom stereocenters. The minimum atomic E-state index is 0.501. The van der Waals surface area contributed by atoms with Crippen LogP contribution in [0.15, 0.2) is 0 Å². The fourth-order valence-electron chi connectivity index (χ4n) is 0.802. The zero-order valence-corrected chi connectivity index (χ0v) is 6.66. The van der Waals surface area contributed by atoms with E-state index in [0.29, 0.717) is 5.54 Å². The normalized spacial score (nSPS) is 26.6. The molecule has 42 valence electrons. The lowest BCUT2D eigenvalue weighted by atomic mass is 9.80. The maximum Gasteiger partial charge on any atom is 0.0246 e. The van der Waals surface area contributed by atoms with Gasteiger partial charge < -0.3 is 0 Å². The van der Waals surface area contributed by atoms with Crippen LogP contribution in [0, 0.1) is 0 Å². The zero-order chi connectivity index (χ0) is 5.33. The fraction of sp³-hybridized carbons (Fsp3) is 1.00. The van der Waals surface area contributed by atoms with Gasteiger partial charge in [0.05, 0.1) is 0 Å². The summed E-state index contributed by atoms with van der Waals surface area (Å²) in [7, 11) is 0. The van der Waals surface area contributed by atoms with Crippen LogP contribution in [-0.2, 0) is 0 Å². The molecule has 0 spiro atoms. The Labute approximate surface area is 58.4 Å². The van der Waals surface area contributed by atoms with Gasteiger partial charge in [0.1, 0.15) is 0 Å². The van der Waals surface area contributed by atoms with Gasteiger partial charge in [-0.3, -0.25) is 3.53 Å². The highest BCUT2D eigenvalue weighted by Gasteiger charge is 2.29. The van der Waals surface area contributed by atoms with E-state index >= 15 is 0 Å². The summed E-state index contributed by atoms with van der Waals surface area (Å²) in [4.78, 5) is 0. The molecule has 0 atom stereocenters. The monoisotopic (exact) mass is 211 g/mol. The highest BCUT2D eigenvalue weighted by atomic mass is 127. The van der Waals surface area contributed by atoms with Gasteiger partial charge in [0, 0.05) is 28.4 Å². The summed E-state index contributed by atoms with van der Waals surface area (Å²) < 4.78 is 3.25. The third-order valence-electron chi connectivity index (χ3n) is 1.69. The van der Waals surface area contributed by atoms with Gasteiger partial charge in [-0.2, -0.15) is 0 Å². The molecule has 0 bridgehead atoms. The van der Waals surface area contributed by atoms with Crippen molar-refractivity contribution in [3.05, 3.63) is 0 Å². The van der Waals surface area contributed by atoms with Crippen molar-refractivity contribution in [1.82, 2.24) is 3.53 Å². The molecule has 0 aliphatic heterocycles. The van der Waals surface area contributed by atoms with Crippen LogP contribution in [0.25, 0.3) is 0 Å². The van der Waals surface area contributed by atoms with Crippen LogP contribution in [0.3, 0.4) is 0 Å². The topological polar surface area (TPSA) is 12.0 Å². The van der Waals surface area contributed by atoms with Gasteiger partial charge in [-0.05, 0) is 26.2 Å². The van der Waals surface area contributed by atoms with Crippen LogP contribution in [0.1, 0.15) is 26.2 Å². The second-order valence-corrected chi connectivity index (χ2v) is 3.05. The molecule has 0 saturated heterocycles. The highest BCUT2D eigenvalue weighted by molar-refractivity contribution is 14.1. The van der Waals surface area contributed by atoms with Crippen molar-refractivity contribution in [3.63, 3.8) is 0 Å². The quantitative estimate of drug-likeness (QED) is 0.515. The van der Waals surface area contributed by atoms with Gasteiger partial charge in [0.15, 0.2) is 0 Å². The van der Waals surface area contributed by atoms with E-state index in [1.54, 1.807) is 0 Å². The van der Waals surface area contributed by atoms with Crippen molar-refractivity contribution in [2.45, 2.75) is 31.7 Å². The third kappa shape index (κ3) is 1.08. The number of nitrogens with one attached hydrogen (secondary N) is 1. The first-order valence-corrected chi connectivity index (χ1v) is 3.72. The number of rotatable bonds is 1. The molecule has 1 nitrogen and oxygen atoms in total. The molecule has 1 aliphatic rings. The first-order valence-electron chi connectivity index (χ1n) is 2.65. The summed E-state index contributed by atoms with van der Waals surface area (Å²) in [5.74, 6) is 0. The Bertz CT molecular complexity index is 63.0. The zero-order valence-electron chi connectivity index (χ0n) is 4.50. The minimum absolute atomic E-state index is 0.501. The van der Waals surface area contributed by atoms with Crippen LogP contribution in [0.5, 0.6) is 0 Å². The summed E-state index contributed by atoms with van der Waals surface area (Å²) in [6.07, 6.45) is 4.12. The molecule has 1 fully saturated rings. The Morgan fingerprint density at radius 3 is 2.14 bits per heavy atom. The van der Waals surface area contributed by atoms with E-state index in [4.69, 9.17) is 0 Å². The number of hydrogen-bond acceptors (Lipinski definition) is 1. The maximum atomic E-state index is 3.25. The van der Waals surface area contributed by atoms with Crippen LogP contribution in [-0.4, -0.2) is 5.54 Å². The largest absolute Gasteiger partial charge is 0.255 e. The number of halogens is 1. The maximum absolute atomic E-state index is 3.25. The molecular formula is C5H10IN. The van der Waals surface area contributed by atoms with Gasteiger partial charge in [0.2, 0.25) is 0 Å². The van der Waals surface area contributed by atoms with Crippen LogP contribution >= 0.6 is 22.9 Å². The Balaban J connectivity index is 2.29. The first-order chi connectivity index (χ1) is 3.27. The molecular weight excluding hydrogens is 201 g/mol. The summed E-state index contributed by atoms with van der Waals surface area (Å²) >= 11 is 2.23. The summed E-state index contributed by atoms with van der Waals surface area (Å²) in [5, 5.41) is 0. The smallest absolute Gasteiger partial charge is 0.0246 e. The van der Waals surface area contributed by atoms with E-state index in [2.05, 4.69) is 33.3 Å². The second-order valence-electron chi connectivity index (χ2n) is 2.51.